The van der Waals surface area contributed by atoms with Crippen LogP contribution >= 0.6 is 0 Å². The van der Waals surface area contributed by atoms with E-state index in [0.29, 0.717) is 18.9 Å². The molecule has 2 bridgehead atoms. The minimum Gasteiger partial charge on any atom is -0.497 e. The van der Waals surface area contributed by atoms with E-state index in [-0.39, 0.29) is 17.9 Å². The van der Waals surface area contributed by atoms with Gasteiger partial charge in [-0.2, -0.15) is 0 Å². The summed E-state index contributed by atoms with van der Waals surface area (Å²) in [6.45, 7) is 0.378. The summed E-state index contributed by atoms with van der Waals surface area (Å²) in [7, 11) is 1.61. The molecule has 2 saturated heterocycles. The SMILES string of the molecule is COc1ccc(-c2nnnn2[C@H]2CC(=O)[C@@H]3OC[C@H]2O3)cc1. The molecule has 0 saturated carbocycles. The highest BCUT2D eigenvalue weighted by molar-refractivity contribution is 5.83. The van der Waals surface area contributed by atoms with E-state index in [1.807, 2.05) is 24.3 Å². The summed E-state index contributed by atoms with van der Waals surface area (Å²) in [4.78, 5) is 11.9. The van der Waals surface area contributed by atoms with E-state index in [0.717, 1.165) is 11.3 Å². The summed E-state index contributed by atoms with van der Waals surface area (Å²) >= 11 is 0. The zero-order chi connectivity index (χ0) is 15.1. The fourth-order valence-electron chi connectivity index (χ4n) is 2.82. The smallest absolute Gasteiger partial charge is 0.218 e. The summed E-state index contributed by atoms with van der Waals surface area (Å²) in [6.07, 6.45) is -0.617. The van der Waals surface area contributed by atoms with Crippen molar-refractivity contribution in [1.82, 2.24) is 20.2 Å². The van der Waals surface area contributed by atoms with E-state index >= 15 is 0 Å². The molecule has 2 aromatic rings. The summed E-state index contributed by atoms with van der Waals surface area (Å²) in [5.41, 5.74) is 0.847. The Kier molecular flexibility index (Phi) is 3.12. The van der Waals surface area contributed by atoms with Gasteiger partial charge >= 0.3 is 0 Å². The lowest BCUT2D eigenvalue weighted by molar-refractivity contribution is -0.156. The van der Waals surface area contributed by atoms with Crippen LogP contribution in [-0.4, -0.2) is 52.1 Å². The van der Waals surface area contributed by atoms with Gasteiger partial charge in [0, 0.05) is 12.0 Å². The molecule has 8 nitrogen and oxygen atoms in total. The van der Waals surface area contributed by atoms with Crippen LogP contribution in [0.15, 0.2) is 24.3 Å². The highest BCUT2D eigenvalue weighted by atomic mass is 16.7. The average Bonchev–Trinajstić information content (AvgIpc) is 3.20. The largest absolute Gasteiger partial charge is 0.497 e. The first-order valence-corrected chi connectivity index (χ1v) is 6.98. The van der Waals surface area contributed by atoms with Crippen LogP contribution in [0.3, 0.4) is 0 Å². The second kappa shape index (κ2) is 5.15. The maximum absolute atomic E-state index is 11.9. The fraction of sp³-hybridized carbons (Fsp3) is 0.429. The Balaban J connectivity index is 1.68. The topological polar surface area (TPSA) is 88.4 Å². The lowest BCUT2D eigenvalue weighted by atomic mass is 10.0. The number of carbonyl (C=O) groups is 1. The maximum atomic E-state index is 11.9. The summed E-state index contributed by atoms with van der Waals surface area (Å²) in [5.74, 6) is 1.27. The minimum atomic E-state index is -0.720. The van der Waals surface area contributed by atoms with Crippen molar-refractivity contribution in [3.05, 3.63) is 24.3 Å². The van der Waals surface area contributed by atoms with E-state index in [4.69, 9.17) is 14.2 Å². The zero-order valence-electron chi connectivity index (χ0n) is 11.9. The van der Waals surface area contributed by atoms with Crippen LogP contribution in [0.25, 0.3) is 11.4 Å². The molecule has 114 valence electrons. The number of rotatable bonds is 3. The van der Waals surface area contributed by atoms with Crippen molar-refractivity contribution in [1.29, 1.82) is 0 Å². The monoisotopic (exact) mass is 302 g/mol. The number of nitrogens with zero attached hydrogens (tertiary/aromatic N) is 4. The highest BCUT2D eigenvalue weighted by Crippen LogP contribution is 2.34. The molecule has 2 aliphatic rings. The van der Waals surface area contributed by atoms with Crippen molar-refractivity contribution in [3.63, 3.8) is 0 Å². The van der Waals surface area contributed by atoms with Crippen LogP contribution in [0, 0.1) is 0 Å². The molecule has 1 aromatic carbocycles. The molecule has 22 heavy (non-hydrogen) atoms. The van der Waals surface area contributed by atoms with Crippen molar-refractivity contribution < 1.29 is 19.0 Å². The Bertz CT molecular complexity index is 699. The number of Topliss-reactive ketones (excluding diaryl/α,β-unsaturated/α-hetero) is 1. The van der Waals surface area contributed by atoms with Gasteiger partial charge in [-0.1, -0.05) is 0 Å². The molecular weight excluding hydrogens is 288 g/mol. The second-order valence-corrected chi connectivity index (χ2v) is 5.25. The van der Waals surface area contributed by atoms with Crippen LogP contribution in [0.1, 0.15) is 12.5 Å². The van der Waals surface area contributed by atoms with Gasteiger partial charge in [-0.05, 0) is 34.7 Å². The number of methoxy groups -OCH3 is 1. The van der Waals surface area contributed by atoms with E-state index in [9.17, 15) is 4.79 Å². The number of fused-ring (bicyclic) bond motifs is 2. The summed E-state index contributed by atoms with van der Waals surface area (Å²) in [5, 5.41) is 11.9. The number of tetrazole rings is 1. The molecule has 0 aliphatic carbocycles. The third-order valence-electron chi connectivity index (χ3n) is 3.97. The predicted molar refractivity (Wildman–Crippen MR) is 73.1 cm³/mol. The van der Waals surface area contributed by atoms with Crippen molar-refractivity contribution in [3.8, 4) is 17.1 Å². The van der Waals surface area contributed by atoms with Gasteiger partial charge in [0.15, 0.2) is 11.6 Å². The van der Waals surface area contributed by atoms with Crippen LogP contribution in [0.5, 0.6) is 5.75 Å². The molecule has 0 N–H and O–H groups in total. The van der Waals surface area contributed by atoms with Crippen LogP contribution < -0.4 is 4.74 Å². The lowest BCUT2D eigenvalue weighted by Crippen LogP contribution is -2.37. The summed E-state index contributed by atoms with van der Waals surface area (Å²) in [6, 6.07) is 7.18. The first-order chi connectivity index (χ1) is 10.8. The number of carbonyl (C=O) groups excluding carboxylic acids is 1. The fourth-order valence-corrected chi connectivity index (χ4v) is 2.82. The van der Waals surface area contributed by atoms with Crippen molar-refractivity contribution in [2.45, 2.75) is 24.9 Å². The number of ketones is 1. The molecule has 0 amide bonds. The van der Waals surface area contributed by atoms with Gasteiger partial charge in [-0.3, -0.25) is 4.79 Å². The van der Waals surface area contributed by atoms with Gasteiger partial charge in [0.05, 0.1) is 19.8 Å². The molecule has 8 heteroatoms. The summed E-state index contributed by atoms with van der Waals surface area (Å²) < 4.78 is 17.7. The number of ether oxygens (including phenoxy) is 3. The quantitative estimate of drug-likeness (QED) is 0.820. The molecule has 3 heterocycles. The minimum absolute atomic E-state index is 0.0741. The van der Waals surface area contributed by atoms with Crippen LogP contribution in [-0.2, 0) is 14.3 Å². The zero-order valence-corrected chi connectivity index (χ0v) is 11.9. The molecule has 0 spiro atoms. The first-order valence-electron chi connectivity index (χ1n) is 6.98. The maximum Gasteiger partial charge on any atom is 0.218 e. The van der Waals surface area contributed by atoms with E-state index in [1.54, 1.807) is 11.8 Å². The molecule has 2 fully saturated rings. The normalized spacial score (nSPS) is 27.1. The van der Waals surface area contributed by atoms with Gasteiger partial charge < -0.3 is 14.2 Å². The Morgan fingerprint density at radius 3 is 2.91 bits per heavy atom. The molecular formula is C14H14N4O4. The van der Waals surface area contributed by atoms with Gasteiger partial charge in [0.2, 0.25) is 6.29 Å². The van der Waals surface area contributed by atoms with Crippen molar-refractivity contribution in [2.24, 2.45) is 0 Å². The van der Waals surface area contributed by atoms with Gasteiger partial charge in [-0.15, -0.1) is 5.10 Å². The van der Waals surface area contributed by atoms with Gasteiger partial charge in [0.1, 0.15) is 11.9 Å². The number of hydrogen-bond donors (Lipinski definition) is 0. The molecule has 0 radical (unpaired) electrons. The third kappa shape index (κ3) is 2.08. The molecule has 2 aliphatic heterocycles. The average molecular weight is 302 g/mol. The van der Waals surface area contributed by atoms with Gasteiger partial charge in [-0.25, -0.2) is 4.68 Å². The standard InChI is InChI=1S/C14H14N4O4/c1-20-9-4-2-8(3-5-9)13-15-16-17-18(13)10-6-11(19)14-21-7-12(10)22-14/h2-5,10,12,14H,6-7H2,1H3/t10-,12+,14+/m0/s1. The Hall–Kier alpha value is -2.32. The van der Waals surface area contributed by atoms with E-state index < -0.39 is 6.29 Å². The Morgan fingerprint density at radius 2 is 2.14 bits per heavy atom. The first kappa shape index (κ1) is 13.4. The Morgan fingerprint density at radius 1 is 1.32 bits per heavy atom. The van der Waals surface area contributed by atoms with Crippen molar-refractivity contribution >= 4 is 5.78 Å². The van der Waals surface area contributed by atoms with Gasteiger partial charge in [0.25, 0.3) is 0 Å². The molecule has 1 aromatic heterocycles. The molecule has 3 atom stereocenters. The van der Waals surface area contributed by atoms with Crippen LogP contribution in [0.2, 0.25) is 0 Å². The lowest BCUT2D eigenvalue weighted by Gasteiger charge is -2.26. The number of benzene rings is 1. The van der Waals surface area contributed by atoms with E-state index in [1.165, 1.54) is 0 Å². The second-order valence-electron chi connectivity index (χ2n) is 5.25. The molecule has 0 unspecified atom stereocenters. The predicted octanol–water partition coefficient (Wildman–Crippen LogP) is 0.604. The van der Waals surface area contributed by atoms with E-state index in [2.05, 4.69) is 15.5 Å². The number of aromatic nitrogens is 4. The highest BCUT2D eigenvalue weighted by Gasteiger charge is 2.45. The third-order valence-corrected chi connectivity index (χ3v) is 3.97. The molecule has 4 rings (SSSR count). The van der Waals surface area contributed by atoms with Crippen molar-refractivity contribution in [2.75, 3.05) is 13.7 Å². The van der Waals surface area contributed by atoms with Crippen LogP contribution in [0.4, 0.5) is 0 Å². The Labute approximate surface area is 126 Å². The number of hydrogen-bond acceptors (Lipinski definition) is 7.